The average Bonchev–Trinajstić information content (AvgIpc) is 0.746. The zero-order valence-electron chi connectivity index (χ0n) is 55.4. The Bertz CT molecular complexity index is 3090. The number of hydrogen-bond acceptors (Lipinski definition) is 21. The molecule has 0 unspecified atom stereocenters. The SMILES string of the molecule is CCO[Si](CCCNC(=O)OCCOCCN1C(=O)c2cccc3c(N4CCN(Cc5cccc(CN6CCN(c7ccc8c9c(cccc79)C(=O)N(CCOCCOC(=O)NCCC[Si](OCC)(OCC)OCC)C8=O)CC6)n5)CC4)ccc(c23)C1=O)(OCC)OCC. The maximum atomic E-state index is 13.9. The van der Waals surface area contributed by atoms with E-state index in [1.54, 1.807) is 12.1 Å². The first-order valence-electron chi connectivity index (χ1n) is 33.3. The van der Waals surface area contributed by atoms with E-state index in [1.807, 2.05) is 90.1 Å². The van der Waals surface area contributed by atoms with Crippen LogP contribution >= 0.6 is 0 Å². The van der Waals surface area contributed by atoms with Crippen molar-refractivity contribution in [2.45, 2.75) is 79.6 Å². The number of rotatable bonds is 38. The van der Waals surface area contributed by atoms with Crippen molar-refractivity contribution < 1.29 is 74.3 Å². The highest BCUT2D eigenvalue weighted by Crippen LogP contribution is 2.38. The van der Waals surface area contributed by atoms with Crippen LogP contribution in [0, 0.1) is 0 Å². The third-order valence-corrected chi connectivity index (χ3v) is 23.2. The number of hydrogen-bond donors (Lipinski definition) is 2. The van der Waals surface area contributed by atoms with Crippen molar-refractivity contribution in [1.29, 1.82) is 0 Å². The van der Waals surface area contributed by atoms with E-state index in [1.165, 1.54) is 9.80 Å². The van der Waals surface area contributed by atoms with E-state index >= 15 is 0 Å². The summed E-state index contributed by atoms with van der Waals surface area (Å²) in [7, 11) is -5.60. The molecule has 4 aromatic carbocycles. The molecule has 2 fully saturated rings. The lowest BCUT2D eigenvalue weighted by molar-refractivity contribution is 0.0438. The van der Waals surface area contributed by atoms with Crippen molar-refractivity contribution >= 4 is 86.3 Å². The van der Waals surface area contributed by atoms with E-state index in [9.17, 15) is 28.8 Å². The van der Waals surface area contributed by atoms with Crippen molar-refractivity contribution in [3.05, 3.63) is 113 Å². The van der Waals surface area contributed by atoms with Crippen LogP contribution in [0.4, 0.5) is 21.0 Å². The number of ether oxygens (including phenoxy) is 4. The molecular formula is C67H93N9O16Si2. The largest absolute Gasteiger partial charge is 0.500 e. The number of carbonyl (C=O) groups excluding carboxylic acids is 6. The van der Waals surface area contributed by atoms with E-state index in [0.29, 0.717) is 124 Å². The lowest BCUT2D eigenvalue weighted by Gasteiger charge is -2.37. The standard InChI is InChI=1S/C67H93N9O16Si2/c1-7-87-93(88-8-2,89-9-3)46-16-28-68-66(81)85-44-42-83-40-38-75-62(77)54-22-14-20-52-58(26-24-56(60(52)54)64(75)79)73-34-30-71(31-35-73)48-50-18-13-19-51(70-50)49-72-32-36-74(37-33-72)59-27-25-57-61-53(59)21-15-23-55(61)63(78)76(65(57)80)39-41-84-43-45-86-67(82)69-29-17-47-94(90-10-4,91-11-5)92-12-6/h13-15,18-27H,7-12,16-17,28-49H2,1-6H3,(H,68,81)(H,69,82). The molecule has 5 aromatic rings. The van der Waals surface area contributed by atoms with Gasteiger partial charge in [-0.3, -0.25) is 43.8 Å². The third-order valence-electron chi connectivity index (χ3n) is 16.9. The summed E-state index contributed by atoms with van der Waals surface area (Å²) in [5, 5.41) is 8.54. The molecule has 0 bridgehead atoms. The normalized spacial score (nSPS) is 15.6. The van der Waals surface area contributed by atoms with Gasteiger partial charge in [0.2, 0.25) is 0 Å². The van der Waals surface area contributed by atoms with Crippen LogP contribution in [0.15, 0.2) is 78.9 Å². The number of piperazine rings is 2. The second-order valence-corrected chi connectivity index (χ2v) is 28.4. The molecule has 0 spiro atoms. The fourth-order valence-electron chi connectivity index (χ4n) is 12.7. The van der Waals surface area contributed by atoms with Gasteiger partial charge in [-0.2, -0.15) is 0 Å². The van der Waals surface area contributed by atoms with Crippen LogP contribution < -0.4 is 20.4 Å². The second-order valence-electron chi connectivity index (χ2n) is 22.9. The molecule has 510 valence electrons. The highest BCUT2D eigenvalue weighted by molar-refractivity contribution is 6.61. The van der Waals surface area contributed by atoms with Gasteiger partial charge >= 0.3 is 29.8 Å². The van der Waals surface area contributed by atoms with Gasteiger partial charge in [-0.05, 0) is 103 Å². The molecule has 0 radical (unpaired) electrons. The highest BCUT2D eigenvalue weighted by Gasteiger charge is 2.41. The minimum absolute atomic E-state index is 0.00301. The molecule has 27 heteroatoms. The lowest BCUT2D eigenvalue weighted by atomic mass is 9.92. The molecule has 4 aliphatic heterocycles. The lowest BCUT2D eigenvalue weighted by Crippen LogP contribution is -2.46. The van der Waals surface area contributed by atoms with Crippen LogP contribution in [0.3, 0.4) is 0 Å². The van der Waals surface area contributed by atoms with E-state index < -0.39 is 29.8 Å². The predicted molar refractivity (Wildman–Crippen MR) is 358 cm³/mol. The Morgan fingerprint density at radius 1 is 0.436 bits per heavy atom. The summed E-state index contributed by atoms with van der Waals surface area (Å²) in [6, 6.07) is 26.3. The van der Waals surface area contributed by atoms with Gasteiger partial charge in [0, 0.05) is 185 Å². The quantitative estimate of drug-likeness (QED) is 0.0219. The fraction of sp³-hybridized carbons (Fsp3) is 0.537. The van der Waals surface area contributed by atoms with Gasteiger partial charge in [0.15, 0.2) is 0 Å². The number of imide groups is 2. The van der Waals surface area contributed by atoms with Crippen LogP contribution in [0.1, 0.15) is 107 Å². The van der Waals surface area contributed by atoms with Crippen LogP contribution in [0.5, 0.6) is 0 Å². The van der Waals surface area contributed by atoms with Crippen molar-refractivity contribution in [2.75, 3.05) is 168 Å². The first-order chi connectivity index (χ1) is 45.8. The summed E-state index contributed by atoms with van der Waals surface area (Å²) in [5.41, 5.74) is 5.88. The van der Waals surface area contributed by atoms with Crippen LogP contribution in [0.25, 0.3) is 21.5 Å². The van der Waals surface area contributed by atoms with Gasteiger partial charge in [0.1, 0.15) is 13.2 Å². The Labute approximate surface area is 553 Å². The summed E-state index contributed by atoms with van der Waals surface area (Å²) in [5.74, 6) is -1.48. The van der Waals surface area contributed by atoms with Gasteiger partial charge in [0.25, 0.3) is 23.6 Å². The minimum Gasteiger partial charge on any atom is -0.447 e. The van der Waals surface area contributed by atoms with E-state index in [2.05, 4.69) is 48.4 Å². The van der Waals surface area contributed by atoms with E-state index in [0.717, 1.165) is 85.9 Å². The zero-order valence-corrected chi connectivity index (χ0v) is 57.4. The summed E-state index contributed by atoms with van der Waals surface area (Å²) >= 11 is 0. The van der Waals surface area contributed by atoms with E-state index in [-0.39, 0.29) is 76.4 Å². The third kappa shape index (κ3) is 17.9. The molecule has 9 rings (SSSR count). The molecule has 25 nitrogen and oxygen atoms in total. The number of amides is 6. The maximum absolute atomic E-state index is 13.9. The Morgan fingerprint density at radius 3 is 1.15 bits per heavy atom. The molecule has 0 saturated carbocycles. The molecule has 0 aliphatic carbocycles. The number of aromatic nitrogens is 1. The second kappa shape index (κ2) is 35.1. The molecule has 4 aliphatic rings. The summed E-state index contributed by atoms with van der Waals surface area (Å²) in [4.78, 5) is 97.4. The number of carbonyl (C=O) groups is 6. The predicted octanol–water partition coefficient (Wildman–Crippen LogP) is 7.59. The Balaban J connectivity index is 0.682. The molecule has 0 atom stereocenters. The molecule has 2 saturated heterocycles. The summed E-state index contributed by atoms with van der Waals surface area (Å²) in [6.07, 6.45) is 0.0538. The molecule has 94 heavy (non-hydrogen) atoms. The molecule has 6 amide bonds. The molecule has 2 N–H and O–H groups in total. The van der Waals surface area contributed by atoms with Crippen molar-refractivity contribution in [3.8, 4) is 0 Å². The smallest absolute Gasteiger partial charge is 0.447 e. The number of nitrogens with one attached hydrogen (secondary N) is 2. The molecule has 5 heterocycles. The van der Waals surface area contributed by atoms with Gasteiger partial charge in [-0.25, -0.2) is 9.59 Å². The molecular weight excluding hydrogens is 1240 g/mol. The number of pyridine rings is 1. The van der Waals surface area contributed by atoms with Crippen molar-refractivity contribution in [2.24, 2.45) is 0 Å². The average molecular weight is 1340 g/mol. The Hall–Kier alpha value is -7.00. The fourth-order valence-corrected chi connectivity index (χ4v) is 17.9. The number of benzene rings is 4. The number of anilines is 2. The van der Waals surface area contributed by atoms with Crippen LogP contribution in [-0.2, 0) is 58.6 Å². The topological polar surface area (TPSA) is 251 Å². The minimum atomic E-state index is -2.80. The molecule has 1 aromatic heterocycles. The summed E-state index contributed by atoms with van der Waals surface area (Å²) < 4.78 is 57.2. The van der Waals surface area contributed by atoms with Crippen molar-refractivity contribution in [1.82, 2.24) is 35.2 Å². The van der Waals surface area contributed by atoms with Crippen molar-refractivity contribution in [3.63, 3.8) is 0 Å². The van der Waals surface area contributed by atoms with Crippen LogP contribution in [0.2, 0.25) is 12.1 Å². The van der Waals surface area contributed by atoms with Crippen LogP contribution in [-0.4, -0.2) is 236 Å². The first kappa shape index (κ1) is 71.3. The number of alkyl carbamates (subject to hydrolysis) is 2. The number of nitrogens with zero attached hydrogens (tertiary/aromatic N) is 7. The van der Waals surface area contributed by atoms with Gasteiger partial charge in [-0.15, -0.1) is 0 Å². The van der Waals surface area contributed by atoms with Gasteiger partial charge in [0.05, 0.1) is 50.9 Å². The first-order valence-corrected chi connectivity index (χ1v) is 37.2. The monoisotopic (exact) mass is 1340 g/mol. The zero-order chi connectivity index (χ0) is 66.5. The maximum Gasteiger partial charge on any atom is 0.500 e. The summed E-state index contributed by atoms with van der Waals surface area (Å²) in [6.45, 7) is 23.1. The van der Waals surface area contributed by atoms with Gasteiger partial charge < -0.3 is 65.9 Å². The van der Waals surface area contributed by atoms with E-state index in [4.69, 9.17) is 50.5 Å². The Kier molecular flexibility index (Phi) is 26.6. The van der Waals surface area contributed by atoms with Gasteiger partial charge in [-0.1, -0.05) is 30.3 Å². The highest BCUT2D eigenvalue weighted by atomic mass is 28.4. The Morgan fingerprint density at radius 2 is 0.787 bits per heavy atom.